The summed E-state index contributed by atoms with van der Waals surface area (Å²) in [5.41, 5.74) is 5.91. The smallest absolute Gasteiger partial charge is 0.237 e. The van der Waals surface area contributed by atoms with Gasteiger partial charge in [-0.2, -0.15) is 0 Å². The molecule has 0 saturated heterocycles. The predicted molar refractivity (Wildman–Crippen MR) is 89.8 cm³/mol. The summed E-state index contributed by atoms with van der Waals surface area (Å²) in [6, 6.07) is 0.534. The number of amides is 1. The van der Waals surface area contributed by atoms with Gasteiger partial charge in [-0.1, -0.05) is 13.8 Å². The van der Waals surface area contributed by atoms with Gasteiger partial charge in [0.1, 0.15) is 0 Å². The summed E-state index contributed by atoms with van der Waals surface area (Å²) in [6.07, 6.45) is 5.32. The number of halogens is 2. The van der Waals surface area contributed by atoms with E-state index in [1.165, 1.54) is 12.8 Å². The van der Waals surface area contributed by atoms with Gasteiger partial charge in [0, 0.05) is 12.1 Å². The second-order valence-corrected chi connectivity index (χ2v) is 6.23. The number of carbonyl (C=O) groups excluding carboxylic acids is 1. The molecular formula is C14H31Cl2N3O. The fourth-order valence-electron chi connectivity index (χ4n) is 2.69. The van der Waals surface area contributed by atoms with Crippen LogP contribution in [0.5, 0.6) is 0 Å². The molecule has 1 fully saturated rings. The Morgan fingerprint density at radius 2 is 1.90 bits per heavy atom. The largest absolute Gasteiger partial charge is 0.352 e. The Labute approximate surface area is 136 Å². The van der Waals surface area contributed by atoms with Crippen LogP contribution in [0.25, 0.3) is 0 Å². The Hall–Kier alpha value is -0.0300. The molecule has 1 saturated carbocycles. The minimum Gasteiger partial charge on any atom is -0.352 e. The summed E-state index contributed by atoms with van der Waals surface area (Å²) in [4.78, 5) is 14.2. The molecule has 1 amide bonds. The molecule has 0 aromatic carbocycles. The fraction of sp³-hybridized carbons (Fsp3) is 0.929. The molecule has 3 N–H and O–H groups in total. The molecule has 0 aromatic rings. The van der Waals surface area contributed by atoms with Gasteiger partial charge in [-0.05, 0) is 52.1 Å². The van der Waals surface area contributed by atoms with Gasteiger partial charge in [0.2, 0.25) is 5.91 Å². The van der Waals surface area contributed by atoms with Crippen molar-refractivity contribution in [3.63, 3.8) is 0 Å². The first kappa shape index (κ1) is 22.3. The van der Waals surface area contributed by atoms with E-state index in [0.29, 0.717) is 18.0 Å². The molecular weight excluding hydrogens is 297 g/mol. The molecule has 0 heterocycles. The van der Waals surface area contributed by atoms with Crippen LogP contribution in [0.4, 0.5) is 0 Å². The lowest BCUT2D eigenvalue weighted by Gasteiger charge is -2.34. The third kappa shape index (κ3) is 7.67. The van der Waals surface area contributed by atoms with E-state index < -0.39 is 0 Å². The first-order chi connectivity index (χ1) is 8.40. The molecule has 6 heteroatoms. The van der Waals surface area contributed by atoms with Crippen molar-refractivity contribution in [1.82, 2.24) is 10.2 Å². The molecule has 3 atom stereocenters. The molecule has 1 aliphatic rings. The summed E-state index contributed by atoms with van der Waals surface area (Å²) in [6.45, 7) is 4.19. The minimum absolute atomic E-state index is 0. The van der Waals surface area contributed by atoms with E-state index >= 15 is 0 Å². The van der Waals surface area contributed by atoms with Crippen molar-refractivity contribution >= 4 is 30.7 Å². The molecule has 0 aliphatic heterocycles. The second-order valence-electron chi connectivity index (χ2n) is 6.23. The van der Waals surface area contributed by atoms with Crippen molar-refractivity contribution in [1.29, 1.82) is 0 Å². The van der Waals surface area contributed by atoms with E-state index in [1.807, 2.05) is 0 Å². The standard InChI is InChI=1S/C14H29N3O.2ClH/c1-10(2)8-13(15)14(18)16-11-6-5-7-12(9-11)17(3)4;;/h10-13H,5-9,15H2,1-4H3,(H,16,18);2*1H/t11?,12?,13-;;/m0../s1. The van der Waals surface area contributed by atoms with Gasteiger partial charge in [0.15, 0.2) is 0 Å². The Kier molecular flexibility index (Phi) is 11.9. The number of hydrogen-bond donors (Lipinski definition) is 2. The fourth-order valence-corrected chi connectivity index (χ4v) is 2.69. The summed E-state index contributed by atoms with van der Waals surface area (Å²) in [7, 11) is 4.22. The highest BCUT2D eigenvalue weighted by Gasteiger charge is 2.26. The van der Waals surface area contributed by atoms with Crippen LogP contribution in [0.15, 0.2) is 0 Å². The van der Waals surface area contributed by atoms with Gasteiger partial charge < -0.3 is 16.0 Å². The predicted octanol–water partition coefficient (Wildman–Crippen LogP) is 2.19. The minimum atomic E-state index is -0.357. The van der Waals surface area contributed by atoms with Crippen LogP contribution in [-0.2, 0) is 4.79 Å². The van der Waals surface area contributed by atoms with Crippen molar-refractivity contribution in [2.24, 2.45) is 11.7 Å². The van der Waals surface area contributed by atoms with Crippen LogP contribution in [0, 0.1) is 5.92 Å². The van der Waals surface area contributed by atoms with E-state index in [-0.39, 0.29) is 36.8 Å². The third-order valence-corrected chi connectivity index (χ3v) is 3.79. The van der Waals surface area contributed by atoms with Gasteiger partial charge in [-0.25, -0.2) is 0 Å². The summed E-state index contributed by atoms with van der Waals surface area (Å²) >= 11 is 0. The topological polar surface area (TPSA) is 58.4 Å². The second kappa shape index (κ2) is 10.7. The van der Waals surface area contributed by atoms with Crippen LogP contribution >= 0.6 is 24.8 Å². The number of nitrogens with two attached hydrogens (primary N) is 1. The lowest BCUT2D eigenvalue weighted by atomic mass is 9.90. The first-order valence-electron chi connectivity index (χ1n) is 7.12. The van der Waals surface area contributed by atoms with E-state index in [0.717, 1.165) is 19.3 Å². The highest BCUT2D eigenvalue weighted by molar-refractivity contribution is 5.85. The maximum atomic E-state index is 12.0. The Morgan fingerprint density at radius 3 is 2.40 bits per heavy atom. The van der Waals surface area contributed by atoms with Gasteiger partial charge in [-0.15, -0.1) is 24.8 Å². The Morgan fingerprint density at radius 1 is 1.30 bits per heavy atom. The van der Waals surface area contributed by atoms with E-state index in [4.69, 9.17) is 5.73 Å². The third-order valence-electron chi connectivity index (χ3n) is 3.79. The van der Waals surface area contributed by atoms with Gasteiger partial charge in [0.05, 0.1) is 6.04 Å². The summed E-state index contributed by atoms with van der Waals surface area (Å²) in [5.74, 6) is 0.486. The highest BCUT2D eigenvalue weighted by atomic mass is 35.5. The number of rotatable bonds is 5. The first-order valence-corrected chi connectivity index (χ1v) is 7.12. The normalized spacial score (nSPS) is 23.8. The number of hydrogen-bond acceptors (Lipinski definition) is 3. The number of nitrogens with one attached hydrogen (secondary N) is 1. The average molecular weight is 328 g/mol. The van der Waals surface area contributed by atoms with Crippen molar-refractivity contribution in [2.45, 2.75) is 64.1 Å². The van der Waals surface area contributed by atoms with Crippen LogP contribution in [0.2, 0.25) is 0 Å². The SMILES string of the molecule is CC(C)C[C@H](N)C(=O)NC1CCCC(N(C)C)C1.Cl.Cl. The zero-order valence-corrected chi connectivity index (χ0v) is 14.7. The molecule has 0 radical (unpaired) electrons. The van der Waals surface area contributed by atoms with E-state index in [9.17, 15) is 4.79 Å². The molecule has 0 aromatic heterocycles. The maximum Gasteiger partial charge on any atom is 0.237 e. The van der Waals surface area contributed by atoms with Crippen LogP contribution < -0.4 is 11.1 Å². The van der Waals surface area contributed by atoms with Gasteiger partial charge >= 0.3 is 0 Å². The van der Waals surface area contributed by atoms with E-state index in [2.05, 4.69) is 38.2 Å². The maximum absolute atomic E-state index is 12.0. The molecule has 1 rings (SSSR count). The Balaban J connectivity index is 0. The monoisotopic (exact) mass is 327 g/mol. The molecule has 20 heavy (non-hydrogen) atoms. The zero-order chi connectivity index (χ0) is 13.7. The number of nitrogens with zero attached hydrogens (tertiary/aromatic N) is 1. The summed E-state index contributed by atoms with van der Waals surface area (Å²) in [5, 5.41) is 3.12. The van der Waals surface area contributed by atoms with Crippen molar-refractivity contribution in [3.05, 3.63) is 0 Å². The van der Waals surface area contributed by atoms with Crippen LogP contribution in [0.3, 0.4) is 0 Å². The van der Waals surface area contributed by atoms with Gasteiger partial charge in [-0.3, -0.25) is 4.79 Å². The van der Waals surface area contributed by atoms with Crippen molar-refractivity contribution < 1.29 is 4.79 Å². The molecule has 1 aliphatic carbocycles. The van der Waals surface area contributed by atoms with Crippen LogP contribution in [-0.4, -0.2) is 43.0 Å². The lowest BCUT2D eigenvalue weighted by Crippen LogP contribution is -2.49. The van der Waals surface area contributed by atoms with Crippen molar-refractivity contribution in [2.75, 3.05) is 14.1 Å². The van der Waals surface area contributed by atoms with Crippen molar-refractivity contribution in [3.8, 4) is 0 Å². The summed E-state index contributed by atoms with van der Waals surface area (Å²) < 4.78 is 0. The average Bonchev–Trinajstić information content (AvgIpc) is 2.28. The molecule has 122 valence electrons. The Bertz CT molecular complexity index is 275. The van der Waals surface area contributed by atoms with Gasteiger partial charge in [0.25, 0.3) is 0 Å². The number of carbonyl (C=O) groups is 1. The van der Waals surface area contributed by atoms with E-state index in [1.54, 1.807) is 0 Å². The molecule has 2 unspecified atom stereocenters. The van der Waals surface area contributed by atoms with Crippen LogP contribution in [0.1, 0.15) is 46.0 Å². The molecule has 4 nitrogen and oxygen atoms in total. The molecule has 0 bridgehead atoms. The molecule has 0 spiro atoms. The quantitative estimate of drug-likeness (QED) is 0.813. The lowest BCUT2D eigenvalue weighted by molar-refractivity contribution is -0.123. The highest BCUT2D eigenvalue weighted by Crippen LogP contribution is 2.21. The zero-order valence-electron chi connectivity index (χ0n) is 13.1.